The fraction of sp³-hybridized carbons (Fsp3) is 0.923. The molecule has 0 atom stereocenters. The molecular formula is C13H25N3O. The molecule has 2 rings (SSSR count). The second-order valence-electron chi connectivity index (χ2n) is 5.55. The molecule has 0 aromatic heterocycles. The van der Waals surface area contributed by atoms with E-state index in [9.17, 15) is 4.79 Å². The normalized spacial score (nSPS) is 26.0. The molecule has 0 bridgehead atoms. The van der Waals surface area contributed by atoms with Gasteiger partial charge in [0.05, 0.1) is 5.54 Å². The zero-order chi connectivity index (χ0) is 12.3. The van der Waals surface area contributed by atoms with Crippen LogP contribution in [0, 0.1) is 0 Å². The van der Waals surface area contributed by atoms with Gasteiger partial charge in [-0.05, 0) is 32.2 Å². The van der Waals surface area contributed by atoms with Gasteiger partial charge < -0.3 is 16.0 Å². The first-order chi connectivity index (χ1) is 8.14. The van der Waals surface area contributed by atoms with Gasteiger partial charge in [0.25, 0.3) is 0 Å². The molecule has 0 unspecified atom stereocenters. The lowest BCUT2D eigenvalue weighted by Gasteiger charge is -2.33. The lowest BCUT2D eigenvalue weighted by molar-refractivity contribution is -0.127. The highest BCUT2D eigenvalue weighted by atomic mass is 16.2. The summed E-state index contributed by atoms with van der Waals surface area (Å²) in [6.45, 7) is 5.49. The summed E-state index contributed by atoms with van der Waals surface area (Å²) in [6.07, 6.45) is 6.03. The summed E-state index contributed by atoms with van der Waals surface area (Å²) in [5.41, 5.74) is 5.58. The van der Waals surface area contributed by atoms with Crippen molar-refractivity contribution in [2.45, 2.75) is 57.0 Å². The van der Waals surface area contributed by atoms with Crippen molar-refractivity contribution in [1.29, 1.82) is 0 Å². The van der Waals surface area contributed by atoms with Gasteiger partial charge in [-0.2, -0.15) is 0 Å². The van der Waals surface area contributed by atoms with Crippen LogP contribution in [0.25, 0.3) is 0 Å². The lowest BCUT2D eigenvalue weighted by atomic mass is 9.96. The summed E-state index contributed by atoms with van der Waals surface area (Å²) in [5, 5.41) is 3.16. The van der Waals surface area contributed by atoms with Crippen LogP contribution in [0.4, 0.5) is 0 Å². The van der Waals surface area contributed by atoms with Crippen molar-refractivity contribution in [1.82, 2.24) is 10.2 Å². The van der Waals surface area contributed by atoms with Gasteiger partial charge >= 0.3 is 0 Å². The molecule has 98 valence electrons. The van der Waals surface area contributed by atoms with Crippen LogP contribution in [0.1, 0.15) is 45.4 Å². The molecule has 1 heterocycles. The highest BCUT2D eigenvalue weighted by Gasteiger charge is 2.38. The lowest BCUT2D eigenvalue weighted by Crippen LogP contribution is -2.56. The quantitative estimate of drug-likeness (QED) is 0.768. The summed E-state index contributed by atoms with van der Waals surface area (Å²) in [6, 6.07) is 0.339. The molecule has 4 nitrogen and oxygen atoms in total. The maximum absolute atomic E-state index is 12.1. The molecule has 1 aliphatic heterocycles. The molecular weight excluding hydrogens is 214 g/mol. The van der Waals surface area contributed by atoms with Crippen molar-refractivity contribution in [3.8, 4) is 0 Å². The number of amides is 1. The van der Waals surface area contributed by atoms with Crippen LogP contribution in [-0.4, -0.2) is 42.0 Å². The zero-order valence-electron chi connectivity index (χ0n) is 10.9. The molecule has 0 radical (unpaired) electrons. The highest BCUT2D eigenvalue weighted by Crippen LogP contribution is 2.27. The molecule has 0 aromatic rings. The fourth-order valence-corrected chi connectivity index (χ4v) is 2.96. The van der Waals surface area contributed by atoms with Gasteiger partial charge in [0, 0.05) is 19.1 Å². The third kappa shape index (κ3) is 2.99. The Morgan fingerprint density at radius 2 is 1.94 bits per heavy atom. The summed E-state index contributed by atoms with van der Waals surface area (Å²) in [5.74, 6) is 0.0879. The Balaban J connectivity index is 1.79. The number of carbonyl (C=O) groups is 1. The molecule has 1 amide bonds. The molecule has 1 aliphatic carbocycles. The van der Waals surface area contributed by atoms with Gasteiger partial charge in [0.1, 0.15) is 0 Å². The average Bonchev–Trinajstić information content (AvgIpc) is 2.78. The van der Waals surface area contributed by atoms with E-state index in [4.69, 9.17) is 5.73 Å². The first-order valence-corrected chi connectivity index (χ1v) is 6.96. The minimum atomic E-state index is -0.568. The number of hydrogen-bond acceptors (Lipinski definition) is 3. The van der Waals surface area contributed by atoms with Crippen LogP contribution < -0.4 is 11.1 Å². The van der Waals surface area contributed by atoms with Crippen LogP contribution in [0.3, 0.4) is 0 Å². The van der Waals surface area contributed by atoms with E-state index in [1.165, 1.54) is 0 Å². The van der Waals surface area contributed by atoms with E-state index in [1.807, 2.05) is 0 Å². The molecule has 4 heteroatoms. The van der Waals surface area contributed by atoms with Crippen molar-refractivity contribution in [2.75, 3.05) is 19.6 Å². The number of rotatable bonds is 3. The van der Waals surface area contributed by atoms with Crippen molar-refractivity contribution < 1.29 is 4.79 Å². The second kappa shape index (κ2) is 5.36. The predicted molar refractivity (Wildman–Crippen MR) is 68.7 cm³/mol. The van der Waals surface area contributed by atoms with Gasteiger partial charge in [-0.1, -0.05) is 19.8 Å². The minimum absolute atomic E-state index is 0.0879. The first-order valence-electron chi connectivity index (χ1n) is 6.96. The monoisotopic (exact) mass is 239 g/mol. The van der Waals surface area contributed by atoms with Gasteiger partial charge in [0.15, 0.2) is 0 Å². The van der Waals surface area contributed by atoms with Crippen LogP contribution in [0.15, 0.2) is 0 Å². The third-order valence-electron chi connectivity index (χ3n) is 4.32. The van der Waals surface area contributed by atoms with E-state index in [1.54, 1.807) is 0 Å². The number of piperidine rings is 1. The van der Waals surface area contributed by atoms with E-state index in [-0.39, 0.29) is 5.91 Å². The Kier molecular flexibility index (Phi) is 4.05. The smallest absolute Gasteiger partial charge is 0.240 e. The Bertz CT molecular complexity index is 266. The standard InChI is InChI=1S/C13H25N3O/c1-2-16-9-5-11(6-10-16)15-12(17)13(14)7-3-4-8-13/h11H,2-10,14H2,1H3,(H,15,17). The van der Waals surface area contributed by atoms with Gasteiger partial charge in [-0.3, -0.25) is 4.79 Å². The van der Waals surface area contributed by atoms with Crippen LogP contribution in [-0.2, 0) is 4.79 Å². The minimum Gasteiger partial charge on any atom is -0.352 e. The SMILES string of the molecule is CCN1CCC(NC(=O)C2(N)CCCC2)CC1. The van der Waals surface area contributed by atoms with Crippen molar-refractivity contribution >= 4 is 5.91 Å². The van der Waals surface area contributed by atoms with Crippen molar-refractivity contribution in [3.05, 3.63) is 0 Å². The summed E-state index contributed by atoms with van der Waals surface area (Å²) >= 11 is 0. The number of nitrogens with zero attached hydrogens (tertiary/aromatic N) is 1. The van der Waals surface area contributed by atoms with Crippen LogP contribution in [0.5, 0.6) is 0 Å². The number of hydrogen-bond donors (Lipinski definition) is 2. The Labute approximate surface area is 104 Å². The van der Waals surface area contributed by atoms with Gasteiger partial charge in [-0.15, -0.1) is 0 Å². The highest BCUT2D eigenvalue weighted by molar-refractivity contribution is 5.86. The topological polar surface area (TPSA) is 58.4 Å². The third-order valence-corrected chi connectivity index (χ3v) is 4.32. The molecule has 3 N–H and O–H groups in total. The largest absolute Gasteiger partial charge is 0.352 e. The number of nitrogens with one attached hydrogen (secondary N) is 1. The average molecular weight is 239 g/mol. The maximum atomic E-state index is 12.1. The Hall–Kier alpha value is -0.610. The van der Waals surface area contributed by atoms with Crippen molar-refractivity contribution in [2.24, 2.45) is 5.73 Å². The van der Waals surface area contributed by atoms with E-state index >= 15 is 0 Å². The number of likely N-dealkylation sites (tertiary alicyclic amines) is 1. The molecule has 0 spiro atoms. The molecule has 1 saturated heterocycles. The Morgan fingerprint density at radius 1 is 1.35 bits per heavy atom. The predicted octanol–water partition coefficient (Wildman–Crippen LogP) is 0.858. The van der Waals surface area contributed by atoms with E-state index in [0.717, 1.165) is 58.2 Å². The molecule has 2 aliphatic rings. The van der Waals surface area contributed by atoms with Crippen LogP contribution in [0.2, 0.25) is 0 Å². The van der Waals surface area contributed by atoms with Crippen molar-refractivity contribution in [3.63, 3.8) is 0 Å². The van der Waals surface area contributed by atoms with Gasteiger partial charge in [-0.25, -0.2) is 0 Å². The Morgan fingerprint density at radius 3 is 2.47 bits per heavy atom. The summed E-state index contributed by atoms with van der Waals surface area (Å²) in [7, 11) is 0. The summed E-state index contributed by atoms with van der Waals surface area (Å²) < 4.78 is 0. The van der Waals surface area contributed by atoms with Crippen LogP contribution >= 0.6 is 0 Å². The van der Waals surface area contributed by atoms with E-state index < -0.39 is 5.54 Å². The fourth-order valence-electron chi connectivity index (χ4n) is 2.96. The second-order valence-corrected chi connectivity index (χ2v) is 5.55. The first kappa shape index (κ1) is 12.8. The van der Waals surface area contributed by atoms with E-state index in [0.29, 0.717) is 6.04 Å². The number of nitrogens with two attached hydrogens (primary N) is 1. The molecule has 2 fully saturated rings. The molecule has 1 saturated carbocycles. The van der Waals surface area contributed by atoms with E-state index in [2.05, 4.69) is 17.1 Å². The van der Waals surface area contributed by atoms with Gasteiger partial charge in [0.2, 0.25) is 5.91 Å². The maximum Gasteiger partial charge on any atom is 0.240 e. The molecule has 0 aromatic carbocycles. The number of carbonyl (C=O) groups excluding carboxylic acids is 1. The molecule has 17 heavy (non-hydrogen) atoms. The summed E-state index contributed by atoms with van der Waals surface area (Å²) in [4.78, 5) is 14.6. The zero-order valence-corrected chi connectivity index (χ0v) is 10.9.